The monoisotopic (exact) mass is 242 g/mol. The molecular formula is C14H20B2O2. The Hall–Kier alpha value is -1.44. The molecule has 0 heterocycles. The topological polar surface area (TPSA) is 26.3 Å². The summed E-state index contributed by atoms with van der Waals surface area (Å²) in [6, 6.07) is 10.0. The van der Waals surface area contributed by atoms with Crippen molar-refractivity contribution in [1.82, 2.24) is 0 Å². The Labute approximate surface area is 111 Å². The van der Waals surface area contributed by atoms with Gasteiger partial charge in [-0.1, -0.05) is 42.0 Å². The van der Waals surface area contributed by atoms with Gasteiger partial charge in [-0.25, -0.2) is 0 Å². The lowest BCUT2D eigenvalue weighted by atomic mass is 9.63. The van der Waals surface area contributed by atoms with Crippen LogP contribution >= 0.6 is 0 Å². The standard InChI is InChI=1S/C14H20B2O2/c1-3-7-10(2)18-14(17)13(16)12(15)11-8-5-4-6-9-11/h3-6,8-10,12-13H,1,7,15-16H2,2H3. The smallest absolute Gasteiger partial charge is 0.300 e. The highest BCUT2D eigenvalue weighted by Gasteiger charge is 2.23. The molecule has 94 valence electrons. The lowest BCUT2D eigenvalue weighted by molar-refractivity contribution is -0.147. The number of hydrogen-bond acceptors (Lipinski definition) is 2. The molecule has 2 nitrogen and oxygen atoms in total. The van der Waals surface area contributed by atoms with Crippen molar-refractivity contribution < 1.29 is 9.53 Å². The minimum absolute atomic E-state index is 0.0968. The summed E-state index contributed by atoms with van der Waals surface area (Å²) in [6.07, 6.45) is 2.36. The van der Waals surface area contributed by atoms with E-state index in [0.717, 1.165) is 0 Å². The Morgan fingerprint density at radius 2 is 2.00 bits per heavy atom. The van der Waals surface area contributed by atoms with Crippen LogP contribution in [0.25, 0.3) is 0 Å². The number of benzene rings is 1. The van der Waals surface area contributed by atoms with Gasteiger partial charge in [-0.05, 0) is 12.7 Å². The number of esters is 1. The molecule has 0 spiro atoms. The molecule has 0 aliphatic rings. The number of carbonyl (C=O) groups excluding carboxylic acids is 1. The van der Waals surface area contributed by atoms with Gasteiger partial charge in [-0.3, -0.25) is 4.79 Å². The molecule has 0 amide bonds. The SMILES string of the molecule is BC(C(=O)OC(C)CC=C)C(B)c1ccccc1. The fraction of sp³-hybridized carbons (Fsp3) is 0.357. The zero-order valence-corrected chi connectivity index (χ0v) is 11.4. The Morgan fingerprint density at radius 3 is 2.56 bits per heavy atom. The van der Waals surface area contributed by atoms with Crippen molar-refractivity contribution in [1.29, 1.82) is 0 Å². The van der Waals surface area contributed by atoms with Gasteiger partial charge in [-0.15, -0.1) is 6.58 Å². The largest absolute Gasteiger partial charge is 0.463 e. The average Bonchev–Trinajstić information content (AvgIpc) is 2.38. The van der Waals surface area contributed by atoms with E-state index in [9.17, 15) is 4.79 Å². The zero-order valence-electron chi connectivity index (χ0n) is 11.4. The van der Waals surface area contributed by atoms with Crippen molar-refractivity contribution in [3.8, 4) is 0 Å². The first-order valence-corrected chi connectivity index (χ1v) is 6.42. The van der Waals surface area contributed by atoms with E-state index in [-0.39, 0.29) is 23.7 Å². The van der Waals surface area contributed by atoms with E-state index >= 15 is 0 Å². The summed E-state index contributed by atoms with van der Waals surface area (Å²) < 4.78 is 5.38. The molecule has 1 rings (SSSR count). The molecule has 3 atom stereocenters. The lowest BCUT2D eigenvalue weighted by Crippen LogP contribution is -2.23. The van der Waals surface area contributed by atoms with Crippen molar-refractivity contribution in [2.45, 2.75) is 31.1 Å². The predicted octanol–water partition coefficient (Wildman–Crippen LogP) is 1.29. The maximum absolute atomic E-state index is 12.0. The Kier molecular flexibility index (Phi) is 5.76. The van der Waals surface area contributed by atoms with Crippen molar-refractivity contribution in [2.75, 3.05) is 0 Å². The molecule has 1 aromatic rings. The van der Waals surface area contributed by atoms with E-state index in [2.05, 4.69) is 14.4 Å². The second kappa shape index (κ2) is 7.10. The number of ether oxygens (including phenoxy) is 1. The summed E-state index contributed by atoms with van der Waals surface area (Å²) >= 11 is 0. The molecule has 0 aromatic heterocycles. The third-order valence-corrected chi connectivity index (χ3v) is 3.26. The molecule has 3 unspecified atom stereocenters. The van der Waals surface area contributed by atoms with Crippen LogP contribution in [0.2, 0.25) is 5.82 Å². The molecular weight excluding hydrogens is 222 g/mol. The second-order valence-corrected chi connectivity index (χ2v) is 4.76. The van der Waals surface area contributed by atoms with Gasteiger partial charge in [0.2, 0.25) is 0 Å². The van der Waals surface area contributed by atoms with Crippen LogP contribution in [0, 0.1) is 0 Å². The number of hydrogen-bond donors (Lipinski definition) is 0. The summed E-state index contributed by atoms with van der Waals surface area (Å²) in [5.74, 6) is -0.116. The number of rotatable bonds is 6. The third kappa shape index (κ3) is 4.10. The molecule has 0 aliphatic heterocycles. The van der Waals surface area contributed by atoms with Crippen LogP contribution in [0.1, 0.15) is 24.7 Å². The maximum Gasteiger partial charge on any atom is 0.300 e. The van der Waals surface area contributed by atoms with E-state index in [1.165, 1.54) is 5.56 Å². The fourth-order valence-corrected chi connectivity index (χ4v) is 1.84. The van der Waals surface area contributed by atoms with Gasteiger partial charge in [0.1, 0.15) is 21.8 Å². The van der Waals surface area contributed by atoms with Gasteiger partial charge >= 0.3 is 5.97 Å². The van der Waals surface area contributed by atoms with Gasteiger partial charge in [0.25, 0.3) is 0 Å². The van der Waals surface area contributed by atoms with Crippen molar-refractivity contribution in [2.24, 2.45) is 0 Å². The summed E-state index contributed by atoms with van der Waals surface area (Å²) in [7, 11) is 3.97. The molecule has 0 bridgehead atoms. The Bertz CT molecular complexity index is 392. The van der Waals surface area contributed by atoms with Crippen molar-refractivity contribution >= 4 is 21.7 Å². The number of carbonyl (C=O) groups is 1. The highest BCUT2D eigenvalue weighted by Crippen LogP contribution is 2.25. The minimum atomic E-state index is -0.139. The van der Waals surface area contributed by atoms with E-state index < -0.39 is 0 Å². The van der Waals surface area contributed by atoms with Gasteiger partial charge in [0.15, 0.2) is 0 Å². The van der Waals surface area contributed by atoms with Crippen molar-refractivity contribution in [3.63, 3.8) is 0 Å². The van der Waals surface area contributed by atoms with Gasteiger partial charge in [0.05, 0.1) is 0 Å². The molecule has 0 saturated heterocycles. The third-order valence-electron chi connectivity index (χ3n) is 3.26. The van der Waals surface area contributed by atoms with E-state index in [4.69, 9.17) is 4.74 Å². The van der Waals surface area contributed by atoms with Crippen LogP contribution in [0.5, 0.6) is 0 Å². The normalized spacial score (nSPS) is 15.4. The Balaban J connectivity index is 2.61. The van der Waals surface area contributed by atoms with Crippen LogP contribution in [0.3, 0.4) is 0 Å². The average molecular weight is 242 g/mol. The Morgan fingerprint density at radius 1 is 1.39 bits per heavy atom. The first-order chi connectivity index (χ1) is 8.56. The van der Waals surface area contributed by atoms with Crippen LogP contribution in [0.15, 0.2) is 43.0 Å². The quantitative estimate of drug-likeness (QED) is 0.426. The summed E-state index contributed by atoms with van der Waals surface area (Å²) in [6.45, 7) is 5.53. The molecule has 0 saturated carbocycles. The second-order valence-electron chi connectivity index (χ2n) is 4.76. The zero-order chi connectivity index (χ0) is 13.5. The van der Waals surface area contributed by atoms with Crippen molar-refractivity contribution in [3.05, 3.63) is 48.6 Å². The van der Waals surface area contributed by atoms with E-state index in [0.29, 0.717) is 6.42 Å². The van der Waals surface area contributed by atoms with Gasteiger partial charge in [-0.2, -0.15) is 0 Å². The fourth-order valence-electron chi connectivity index (χ4n) is 1.84. The first-order valence-electron chi connectivity index (χ1n) is 6.42. The maximum atomic E-state index is 12.0. The summed E-state index contributed by atoms with van der Waals surface area (Å²) in [5, 5.41) is 0. The molecule has 18 heavy (non-hydrogen) atoms. The molecule has 0 radical (unpaired) electrons. The highest BCUT2D eigenvalue weighted by atomic mass is 16.5. The lowest BCUT2D eigenvalue weighted by Gasteiger charge is -2.21. The summed E-state index contributed by atoms with van der Waals surface area (Å²) in [5.41, 5.74) is 1.17. The van der Waals surface area contributed by atoms with E-state index in [1.54, 1.807) is 6.08 Å². The molecule has 0 aliphatic carbocycles. The molecule has 1 aromatic carbocycles. The van der Waals surface area contributed by atoms with Gasteiger partial charge in [0, 0.05) is 12.2 Å². The van der Waals surface area contributed by atoms with Gasteiger partial charge < -0.3 is 4.74 Å². The predicted molar refractivity (Wildman–Crippen MR) is 80.4 cm³/mol. The summed E-state index contributed by atoms with van der Waals surface area (Å²) in [4.78, 5) is 12.0. The minimum Gasteiger partial charge on any atom is -0.463 e. The van der Waals surface area contributed by atoms with Crippen LogP contribution in [0.4, 0.5) is 0 Å². The van der Waals surface area contributed by atoms with Crippen LogP contribution in [-0.2, 0) is 9.53 Å². The van der Waals surface area contributed by atoms with Crippen LogP contribution in [-0.4, -0.2) is 27.8 Å². The molecule has 0 N–H and O–H groups in total. The van der Waals surface area contributed by atoms with E-state index in [1.807, 2.05) is 45.1 Å². The molecule has 0 fully saturated rings. The highest BCUT2D eigenvalue weighted by molar-refractivity contribution is 6.29. The molecule has 4 heteroatoms. The van der Waals surface area contributed by atoms with Crippen LogP contribution < -0.4 is 0 Å². The first kappa shape index (κ1) is 14.6.